The van der Waals surface area contributed by atoms with Crippen LogP contribution >= 0.6 is 22.9 Å². The van der Waals surface area contributed by atoms with Crippen molar-refractivity contribution in [1.82, 2.24) is 4.90 Å². The van der Waals surface area contributed by atoms with Crippen LogP contribution in [0.1, 0.15) is 22.5 Å². The van der Waals surface area contributed by atoms with Gasteiger partial charge in [-0.05, 0) is 23.6 Å². The summed E-state index contributed by atoms with van der Waals surface area (Å²) >= 11 is 7.26. The highest BCUT2D eigenvalue weighted by Gasteiger charge is 2.17. The Labute approximate surface area is 171 Å². The van der Waals surface area contributed by atoms with Crippen molar-refractivity contribution < 1.29 is 23.9 Å². The molecule has 1 heterocycles. The van der Waals surface area contributed by atoms with Crippen LogP contribution < -0.4 is 5.32 Å². The fraction of sp³-hybridized carbons (Fsp3) is 0.263. The van der Waals surface area contributed by atoms with Gasteiger partial charge in [-0.15, -0.1) is 11.3 Å². The van der Waals surface area contributed by atoms with Crippen molar-refractivity contribution in [1.29, 1.82) is 0 Å². The van der Waals surface area contributed by atoms with Crippen molar-refractivity contribution in [3.63, 3.8) is 0 Å². The van der Waals surface area contributed by atoms with Crippen LogP contribution in [-0.2, 0) is 19.1 Å². The highest BCUT2D eigenvalue weighted by molar-refractivity contribution is 7.12. The molecule has 28 heavy (non-hydrogen) atoms. The Balaban J connectivity index is 1.70. The number of carbonyl (C=O) groups excluding carboxylic acids is 4. The number of benzene rings is 1. The monoisotopic (exact) mass is 422 g/mol. The molecule has 1 aromatic carbocycles. The number of carbonyl (C=O) groups is 4. The van der Waals surface area contributed by atoms with Gasteiger partial charge < -0.3 is 15.0 Å². The molecule has 1 N–H and O–H groups in total. The fourth-order valence-corrected chi connectivity index (χ4v) is 3.03. The minimum absolute atomic E-state index is 0.0175. The number of thiophene rings is 1. The van der Waals surface area contributed by atoms with E-state index >= 15 is 0 Å². The summed E-state index contributed by atoms with van der Waals surface area (Å²) in [6.45, 7) is -0.722. The summed E-state index contributed by atoms with van der Waals surface area (Å²) in [4.78, 5) is 49.3. The van der Waals surface area contributed by atoms with Gasteiger partial charge in [0.25, 0.3) is 5.91 Å². The summed E-state index contributed by atoms with van der Waals surface area (Å²) in [6.07, 6.45) is -0.0929. The van der Waals surface area contributed by atoms with Gasteiger partial charge in [0.2, 0.25) is 5.91 Å². The molecule has 2 amide bonds. The first-order valence-corrected chi connectivity index (χ1v) is 9.63. The highest BCUT2D eigenvalue weighted by Crippen LogP contribution is 2.20. The van der Waals surface area contributed by atoms with Gasteiger partial charge in [-0.3, -0.25) is 19.2 Å². The van der Waals surface area contributed by atoms with Crippen molar-refractivity contribution in [2.45, 2.75) is 12.8 Å². The largest absolute Gasteiger partial charge is 0.456 e. The molecule has 2 aromatic rings. The Bertz CT molecular complexity index is 854. The maximum absolute atomic E-state index is 12.0. The molecule has 0 spiro atoms. The molecule has 0 bridgehead atoms. The topological polar surface area (TPSA) is 92.8 Å². The lowest BCUT2D eigenvalue weighted by Gasteiger charge is -2.17. The lowest BCUT2D eigenvalue weighted by atomic mass is 10.2. The Morgan fingerprint density at radius 1 is 1.11 bits per heavy atom. The van der Waals surface area contributed by atoms with Crippen LogP contribution in [0.2, 0.25) is 5.02 Å². The minimum Gasteiger partial charge on any atom is -0.456 e. The summed E-state index contributed by atoms with van der Waals surface area (Å²) in [5, 5.41) is 4.76. The van der Waals surface area contributed by atoms with E-state index in [0.717, 1.165) is 4.90 Å². The number of hydrogen-bond donors (Lipinski definition) is 1. The number of ether oxygens (including phenoxy) is 1. The van der Waals surface area contributed by atoms with E-state index in [1.807, 2.05) is 0 Å². The van der Waals surface area contributed by atoms with Crippen LogP contribution in [0.3, 0.4) is 0 Å². The van der Waals surface area contributed by atoms with Gasteiger partial charge in [-0.25, -0.2) is 0 Å². The van der Waals surface area contributed by atoms with E-state index in [4.69, 9.17) is 16.3 Å². The van der Waals surface area contributed by atoms with Gasteiger partial charge in [0, 0.05) is 13.5 Å². The zero-order chi connectivity index (χ0) is 20.5. The summed E-state index contributed by atoms with van der Waals surface area (Å²) in [6, 6.07) is 10.2. The molecule has 0 unspecified atom stereocenters. The third kappa shape index (κ3) is 6.79. The number of halogens is 1. The second-order valence-electron chi connectivity index (χ2n) is 5.84. The molecule has 0 saturated carbocycles. The number of ketones is 1. The molecule has 148 valence electrons. The number of nitrogens with one attached hydrogen (secondary N) is 1. The molecule has 0 atom stereocenters. The second kappa shape index (κ2) is 10.6. The molecule has 9 heteroatoms. The number of para-hydroxylation sites is 1. The van der Waals surface area contributed by atoms with Crippen molar-refractivity contribution in [2.24, 2.45) is 0 Å². The van der Waals surface area contributed by atoms with E-state index in [9.17, 15) is 19.2 Å². The van der Waals surface area contributed by atoms with Gasteiger partial charge in [0.1, 0.15) is 0 Å². The van der Waals surface area contributed by atoms with E-state index in [0.29, 0.717) is 15.6 Å². The smallest absolute Gasteiger partial charge is 0.306 e. The van der Waals surface area contributed by atoms with Crippen molar-refractivity contribution in [3.05, 3.63) is 51.7 Å². The van der Waals surface area contributed by atoms with Gasteiger partial charge in [0.15, 0.2) is 12.4 Å². The second-order valence-corrected chi connectivity index (χ2v) is 7.19. The normalized spacial score (nSPS) is 10.2. The van der Waals surface area contributed by atoms with E-state index in [1.54, 1.807) is 41.8 Å². The molecule has 1 aromatic heterocycles. The maximum Gasteiger partial charge on any atom is 0.306 e. The summed E-state index contributed by atoms with van der Waals surface area (Å²) in [5.41, 5.74) is 0.442. The van der Waals surface area contributed by atoms with E-state index in [-0.39, 0.29) is 25.2 Å². The fourth-order valence-electron chi connectivity index (χ4n) is 2.16. The average Bonchev–Trinajstić information content (AvgIpc) is 3.20. The predicted molar refractivity (Wildman–Crippen MR) is 107 cm³/mol. The number of likely N-dealkylation sites (N-methyl/N-ethyl adjacent to an activating group) is 1. The molecular formula is C19H19ClN2O5S. The molecule has 0 saturated heterocycles. The lowest BCUT2D eigenvalue weighted by molar-refractivity contribution is -0.151. The number of nitrogens with zero attached hydrogens (tertiary/aromatic N) is 1. The van der Waals surface area contributed by atoms with Crippen LogP contribution in [-0.4, -0.2) is 48.7 Å². The van der Waals surface area contributed by atoms with Gasteiger partial charge in [-0.1, -0.05) is 29.8 Å². The Kier molecular flexibility index (Phi) is 8.16. The van der Waals surface area contributed by atoms with Crippen LogP contribution in [0.4, 0.5) is 5.69 Å². The third-order valence-corrected chi connectivity index (χ3v) is 4.90. The molecule has 0 aliphatic rings. The molecule has 0 aliphatic carbocycles. The number of Topliss-reactive ketones (excluding diaryl/α,β-unsaturated/α-hetero) is 1. The van der Waals surface area contributed by atoms with E-state index < -0.39 is 24.4 Å². The van der Waals surface area contributed by atoms with Gasteiger partial charge in [-0.2, -0.15) is 0 Å². The van der Waals surface area contributed by atoms with E-state index in [2.05, 4.69) is 5.32 Å². The predicted octanol–water partition coefficient (Wildman–Crippen LogP) is 3.00. The van der Waals surface area contributed by atoms with E-state index in [1.165, 1.54) is 18.4 Å². The summed E-state index contributed by atoms with van der Waals surface area (Å²) < 4.78 is 4.88. The minimum atomic E-state index is -0.646. The first kappa shape index (κ1) is 21.6. The van der Waals surface area contributed by atoms with Crippen LogP contribution in [0.5, 0.6) is 0 Å². The number of rotatable bonds is 9. The maximum atomic E-state index is 12.0. The van der Waals surface area contributed by atoms with Crippen LogP contribution in [0.25, 0.3) is 0 Å². The number of hydrogen-bond acceptors (Lipinski definition) is 6. The van der Waals surface area contributed by atoms with Crippen molar-refractivity contribution in [3.8, 4) is 0 Å². The lowest BCUT2D eigenvalue weighted by Crippen LogP contribution is -2.37. The van der Waals surface area contributed by atoms with Crippen molar-refractivity contribution >= 4 is 52.2 Å². The molecule has 0 fully saturated rings. The van der Waals surface area contributed by atoms with Gasteiger partial charge in [0.05, 0.1) is 28.6 Å². The molecule has 7 nitrogen and oxygen atoms in total. The Hall–Kier alpha value is -2.71. The van der Waals surface area contributed by atoms with Gasteiger partial charge >= 0.3 is 5.97 Å². The highest BCUT2D eigenvalue weighted by atomic mass is 35.5. The number of esters is 1. The number of anilines is 1. The standard InChI is InChI=1S/C19H19ClN2O5S/c1-22(11-17(24)21-14-6-3-2-5-13(14)20)18(25)12-27-19(26)9-8-15(23)16-7-4-10-28-16/h2-7,10H,8-9,11-12H2,1H3,(H,21,24). The first-order chi connectivity index (χ1) is 13.4. The molecule has 0 radical (unpaired) electrons. The Morgan fingerprint density at radius 3 is 2.54 bits per heavy atom. The zero-order valence-corrected chi connectivity index (χ0v) is 16.7. The third-order valence-electron chi connectivity index (χ3n) is 3.66. The zero-order valence-electron chi connectivity index (χ0n) is 15.1. The molecular weight excluding hydrogens is 404 g/mol. The quantitative estimate of drug-likeness (QED) is 0.495. The summed E-state index contributed by atoms with van der Waals surface area (Å²) in [5.74, 6) is -1.76. The van der Waals surface area contributed by atoms with Crippen LogP contribution in [0.15, 0.2) is 41.8 Å². The molecule has 2 rings (SSSR count). The van der Waals surface area contributed by atoms with Crippen molar-refractivity contribution in [2.75, 3.05) is 25.5 Å². The SMILES string of the molecule is CN(CC(=O)Nc1ccccc1Cl)C(=O)COC(=O)CCC(=O)c1cccs1. The summed E-state index contributed by atoms with van der Waals surface area (Å²) in [7, 11) is 1.42. The Morgan fingerprint density at radius 2 is 1.86 bits per heavy atom. The first-order valence-electron chi connectivity index (χ1n) is 8.37. The average molecular weight is 423 g/mol. The molecule has 0 aliphatic heterocycles. The number of amides is 2. The van der Waals surface area contributed by atoms with Crippen LogP contribution in [0, 0.1) is 0 Å².